The Morgan fingerprint density at radius 2 is 2.05 bits per heavy atom. The lowest BCUT2D eigenvalue weighted by molar-refractivity contribution is -0.140. The zero-order valence-electron chi connectivity index (χ0n) is 12.7. The molecule has 1 heterocycles. The fourth-order valence-corrected chi connectivity index (χ4v) is 3.81. The van der Waals surface area contributed by atoms with Gasteiger partial charge in [-0.25, -0.2) is 8.42 Å². The van der Waals surface area contributed by atoms with Gasteiger partial charge in [-0.15, -0.1) is 0 Å². The number of amides is 1. The van der Waals surface area contributed by atoms with E-state index in [1.54, 1.807) is 14.1 Å². The molecule has 1 atom stereocenters. The molecule has 0 radical (unpaired) electrons. The molecule has 0 aromatic carbocycles. The summed E-state index contributed by atoms with van der Waals surface area (Å²) >= 11 is 0. The van der Waals surface area contributed by atoms with Crippen LogP contribution in [-0.4, -0.2) is 82.1 Å². The third-order valence-electron chi connectivity index (χ3n) is 3.29. The largest absolute Gasteiger partial charge is 0.469 e. The van der Waals surface area contributed by atoms with Crippen LogP contribution >= 0.6 is 0 Å². The van der Waals surface area contributed by atoms with Gasteiger partial charge in [-0.1, -0.05) is 0 Å². The summed E-state index contributed by atoms with van der Waals surface area (Å²) < 4.78 is 30.5. The molecule has 1 saturated heterocycles. The molecular weight excluding hydrogens is 298 g/mol. The minimum Gasteiger partial charge on any atom is -0.469 e. The summed E-state index contributed by atoms with van der Waals surface area (Å²) in [6.07, 6.45) is 0.232. The molecule has 0 aromatic rings. The van der Waals surface area contributed by atoms with Crippen molar-refractivity contribution in [1.29, 1.82) is 0 Å². The molecule has 1 rings (SSSR count). The second kappa shape index (κ2) is 7.71. The fourth-order valence-electron chi connectivity index (χ4n) is 2.15. The van der Waals surface area contributed by atoms with Crippen molar-refractivity contribution < 1.29 is 22.7 Å². The molecule has 0 aliphatic carbocycles. The minimum atomic E-state index is -3.58. The van der Waals surface area contributed by atoms with Gasteiger partial charge in [-0.05, 0) is 6.42 Å². The van der Waals surface area contributed by atoms with Crippen molar-refractivity contribution in [1.82, 2.24) is 14.5 Å². The summed E-state index contributed by atoms with van der Waals surface area (Å²) in [6.45, 7) is 1.06. The fraction of sp³-hybridized carbons (Fsp3) is 0.833. The van der Waals surface area contributed by atoms with Gasteiger partial charge in [0.05, 0.1) is 12.9 Å². The maximum atomic E-state index is 12.4. The van der Waals surface area contributed by atoms with Gasteiger partial charge < -0.3 is 15.0 Å². The molecule has 1 fully saturated rings. The first kappa shape index (κ1) is 17.9. The van der Waals surface area contributed by atoms with Crippen LogP contribution in [0.25, 0.3) is 0 Å². The van der Waals surface area contributed by atoms with Crippen molar-refractivity contribution >= 4 is 21.9 Å². The Bertz CT molecular complexity index is 477. The van der Waals surface area contributed by atoms with Crippen molar-refractivity contribution in [2.24, 2.45) is 0 Å². The van der Waals surface area contributed by atoms with Gasteiger partial charge in [-0.3, -0.25) is 9.59 Å². The predicted octanol–water partition coefficient (Wildman–Crippen LogP) is -1.37. The number of rotatable bonds is 6. The molecule has 8 nitrogen and oxygen atoms in total. The molecule has 122 valence electrons. The number of hydrogen-bond donors (Lipinski definition) is 1. The van der Waals surface area contributed by atoms with Crippen LogP contribution < -0.4 is 5.32 Å². The molecule has 0 spiro atoms. The first-order chi connectivity index (χ1) is 9.79. The highest BCUT2D eigenvalue weighted by atomic mass is 32.2. The van der Waals surface area contributed by atoms with E-state index in [0.29, 0.717) is 13.1 Å². The predicted molar refractivity (Wildman–Crippen MR) is 77.1 cm³/mol. The van der Waals surface area contributed by atoms with E-state index in [4.69, 9.17) is 0 Å². The number of carbonyl (C=O) groups is 2. The topological polar surface area (TPSA) is 96.0 Å². The van der Waals surface area contributed by atoms with Crippen LogP contribution in [0.4, 0.5) is 0 Å². The van der Waals surface area contributed by atoms with Crippen LogP contribution in [-0.2, 0) is 24.3 Å². The van der Waals surface area contributed by atoms with Gasteiger partial charge in [0.15, 0.2) is 0 Å². The van der Waals surface area contributed by atoms with Crippen molar-refractivity contribution in [3.8, 4) is 0 Å². The molecule has 0 saturated carbocycles. The zero-order chi connectivity index (χ0) is 16.0. The summed E-state index contributed by atoms with van der Waals surface area (Å²) in [5.41, 5.74) is 0. The Balaban J connectivity index is 2.73. The number of ether oxygens (including phenoxy) is 1. The summed E-state index contributed by atoms with van der Waals surface area (Å²) in [5.74, 6) is -0.857. The number of methoxy groups -OCH3 is 1. The van der Waals surface area contributed by atoms with E-state index in [0.717, 1.165) is 0 Å². The summed E-state index contributed by atoms with van der Waals surface area (Å²) in [6, 6.07) is -0.725. The van der Waals surface area contributed by atoms with Crippen LogP contribution in [0.2, 0.25) is 0 Å². The summed E-state index contributed by atoms with van der Waals surface area (Å²) in [7, 11) is 0.878. The SMILES string of the molecule is COC(=O)CCCS(=O)(=O)N1CCNCC1C(=O)N(C)C. The zero-order valence-corrected chi connectivity index (χ0v) is 13.5. The molecular formula is C12H23N3O5S. The van der Waals surface area contributed by atoms with Crippen molar-refractivity contribution in [2.45, 2.75) is 18.9 Å². The maximum Gasteiger partial charge on any atom is 0.305 e. The number of piperazine rings is 1. The molecule has 0 aromatic heterocycles. The van der Waals surface area contributed by atoms with E-state index in [2.05, 4.69) is 10.1 Å². The first-order valence-corrected chi connectivity index (χ1v) is 8.38. The highest BCUT2D eigenvalue weighted by Crippen LogP contribution is 2.14. The average molecular weight is 321 g/mol. The summed E-state index contributed by atoms with van der Waals surface area (Å²) in [5, 5.41) is 3.03. The number of carbonyl (C=O) groups excluding carboxylic acids is 2. The smallest absolute Gasteiger partial charge is 0.305 e. The van der Waals surface area contributed by atoms with Gasteiger partial charge in [-0.2, -0.15) is 4.31 Å². The standard InChI is InChI=1S/C12H23N3O5S/c1-14(2)12(17)10-9-13-6-7-15(10)21(18,19)8-4-5-11(16)20-3/h10,13H,4-9H2,1-3H3. The van der Waals surface area contributed by atoms with Crippen molar-refractivity contribution in [3.05, 3.63) is 0 Å². The second-order valence-electron chi connectivity index (χ2n) is 5.06. The van der Waals surface area contributed by atoms with Crippen LogP contribution in [0.1, 0.15) is 12.8 Å². The minimum absolute atomic E-state index is 0.0497. The lowest BCUT2D eigenvalue weighted by Crippen LogP contribution is -2.59. The number of hydrogen-bond acceptors (Lipinski definition) is 6. The van der Waals surface area contributed by atoms with E-state index in [9.17, 15) is 18.0 Å². The third-order valence-corrected chi connectivity index (χ3v) is 5.24. The lowest BCUT2D eigenvalue weighted by Gasteiger charge is -2.35. The molecule has 1 aliphatic heterocycles. The molecule has 9 heteroatoms. The van der Waals surface area contributed by atoms with Gasteiger partial charge in [0.25, 0.3) is 0 Å². The number of esters is 1. The quantitative estimate of drug-likeness (QED) is 0.607. The van der Waals surface area contributed by atoms with E-state index < -0.39 is 22.0 Å². The van der Waals surface area contributed by atoms with Crippen molar-refractivity contribution in [3.63, 3.8) is 0 Å². The number of nitrogens with one attached hydrogen (secondary N) is 1. The highest BCUT2D eigenvalue weighted by Gasteiger charge is 2.37. The van der Waals surface area contributed by atoms with Gasteiger partial charge >= 0.3 is 5.97 Å². The Morgan fingerprint density at radius 1 is 1.38 bits per heavy atom. The van der Waals surface area contributed by atoms with Crippen LogP contribution in [0.5, 0.6) is 0 Å². The monoisotopic (exact) mass is 321 g/mol. The average Bonchev–Trinajstić information content (AvgIpc) is 2.45. The Hall–Kier alpha value is -1.19. The van der Waals surface area contributed by atoms with E-state index in [1.165, 1.54) is 16.3 Å². The molecule has 1 unspecified atom stereocenters. The van der Waals surface area contributed by atoms with Crippen LogP contribution in [0.3, 0.4) is 0 Å². The van der Waals surface area contributed by atoms with Crippen molar-refractivity contribution in [2.75, 3.05) is 46.6 Å². The molecule has 0 bridgehead atoms. The molecule has 1 amide bonds. The Morgan fingerprint density at radius 3 is 2.62 bits per heavy atom. The first-order valence-electron chi connectivity index (χ1n) is 6.78. The molecule has 1 aliphatic rings. The highest BCUT2D eigenvalue weighted by molar-refractivity contribution is 7.89. The number of sulfonamides is 1. The Kier molecular flexibility index (Phi) is 6.56. The van der Waals surface area contributed by atoms with E-state index in [1.807, 2.05) is 0 Å². The normalized spacial score (nSPS) is 20.0. The molecule has 1 N–H and O–H groups in total. The van der Waals surface area contributed by atoms with Crippen LogP contribution in [0, 0.1) is 0 Å². The van der Waals surface area contributed by atoms with Gasteiger partial charge in [0.1, 0.15) is 6.04 Å². The number of likely N-dealkylation sites (N-methyl/N-ethyl adjacent to an activating group) is 1. The van der Waals surface area contributed by atoms with E-state index >= 15 is 0 Å². The van der Waals surface area contributed by atoms with Crippen LogP contribution in [0.15, 0.2) is 0 Å². The van der Waals surface area contributed by atoms with E-state index in [-0.39, 0.29) is 31.0 Å². The van der Waals surface area contributed by atoms with Gasteiger partial charge in [0.2, 0.25) is 15.9 Å². The molecule has 21 heavy (non-hydrogen) atoms. The lowest BCUT2D eigenvalue weighted by atomic mass is 10.2. The summed E-state index contributed by atoms with van der Waals surface area (Å²) in [4.78, 5) is 24.5. The Labute approximate surface area is 125 Å². The van der Waals surface area contributed by atoms with Gasteiger partial charge in [0, 0.05) is 40.2 Å². The second-order valence-corrected chi connectivity index (χ2v) is 7.10. The number of nitrogens with zero attached hydrogens (tertiary/aromatic N) is 2. The maximum absolute atomic E-state index is 12.4. The third kappa shape index (κ3) is 4.94.